The van der Waals surface area contributed by atoms with E-state index in [1.54, 1.807) is 0 Å². The van der Waals surface area contributed by atoms with E-state index in [2.05, 4.69) is 0 Å². The molecule has 0 bridgehead atoms. The highest BCUT2D eigenvalue weighted by Gasteiger charge is 2.51. The van der Waals surface area contributed by atoms with Gasteiger partial charge >= 0.3 is 0 Å². The average Bonchev–Trinajstić information content (AvgIpc) is 3.02. The highest BCUT2D eigenvalue weighted by Crippen LogP contribution is 2.56. The summed E-state index contributed by atoms with van der Waals surface area (Å²) in [6, 6.07) is 7.54. The Bertz CT molecular complexity index is 428. The Morgan fingerprint density at radius 2 is 1.69 bits per heavy atom. The molecule has 16 heavy (non-hydrogen) atoms. The highest BCUT2D eigenvalue weighted by atomic mass is 32.3. The van der Waals surface area contributed by atoms with Crippen molar-refractivity contribution in [1.82, 2.24) is 0 Å². The van der Waals surface area contributed by atoms with Crippen molar-refractivity contribution in [3.8, 4) is 0 Å². The molecule has 0 aromatic heterocycles. The van der Waals surface area contributed by atoms with Gasteiger partial charge in [0.1, 0.15) is 0 Å². The maximum atomic E-state index is 14.7. The Morgan fingerprint density at radius 1 is 1.25 bits per heavy atom. The van der Waals surface area contributed by atoms with Gasteiger partial charge in [0.25, 0.3) is 0 Å². The molecule has 0 spiro atoms. The van der Waals surface area contributed by atoms with Crippen molar-refractivity contribution in [2.75, 3.05) is 0 Å². The minimum absolute atomic E-state index is 0.410. The molecule has 0 N–H and O–H groups in total. The molecule has 0 atom stereocenters. The second-order valence-electron chi connectivity index (χ2n) is 4.81. The predicted octanol–water partition coefficient (Wildman–Crippen LogP) is 3.57. The van der Waals surface area contributed by atoms with Gasteiger partial charge in [0, 0.05) is 15.1 Å². The zero-order valence-corrected chi connectivity index (χ0v) is 10.9. The summed E-state index contributed by atoms with van der Waals surface area (Å²) in [5, 5.41) is -0.410. The normalized spacial score (nSPS) is 17.0. The second-order valence-corrected chi connectivity index (χ2v) is 7.56. The van der Waals surface area contributed by atoms with Gasteiger partial charge in [-0.05, 0) is 30.9 Å². The maximum absolute atomic E-state index is 14.7. The average molecular weight is 242 g/mol. The molecule has 1 nitrogen and oxygen atoms in total. The van der Waals surface area contributed by atoms with Crippen LogP contribution in [-0.2, 0) is 10.3 Å². The van der Waals surface area contributed by atoms with Gasteiger partial charge in [-0.15, -0.1) is 0 Å². The van der Waals surface area contributed by atoms with Gasteiger partial charge in [0.15, 0.2) is 0 Å². The summed E-state index contributed by atoms with van der Waals surface area (Å²) in [6.45, 7) is 5.65. The van der Waals surface area contributed by atoms with Crippen molar-refractivity contribution in [3.05, 3.63) is 35.4 Å². The van der Waals surface area contributed by atoms with E-state index in [1.807, 2.05) is 45.0 Å². The van der Waals surface area contributed by atoms with Crippen LogP contribution in [0.2, 0.25) is 0 Å². The molecule has 0 saturated carbocycles. The molecule has 2 rings (SSSR count). The molecular formula is C13H19FOS. The van der Waals surface area contributed by atoms with Crippen LogP contribution in [0.15, 0.2) is 24.3 Å². The quantitative estimate of drug-likeness (QED) is 0.631. The van der Waals surface area contributed by atoms with Crippen LogP contribution in [0.5, 0.6) is 0 Å². The molecule has 1 aromatic rings. The van der Waals surface area contributed by atoms with Crippen LogP contribution in [0.4, 0.5) is 3.89 Å². The third kappa shape index (κ3) is 1.45. The lowest BCUT2D eigenvalue weighted by molar-refractivity contribution is 0.511. The highest BCUT2D eigenvalue weighted by molar-refractivity contribution is 8.00. The largest absolute Gasteiger partial charge is 0.254 e. The molecule has 0 fully saturated rings. The minimum Gasteiger partial charge on any atom is -0.254 e. The van der Waals surface area contributed by atoms with E-state index in [1.165, 1.54) is 0 Å². The van der Waals surface area contributed by atoms with Crippen LogP contribution in [0.1, 0.15) is 50.0 Å². The number of halogens is 1. The monoisotopic (exact) mass is 242 g/mol. The first kappa shape index (κ1) is 11.8. The third-order valence-corrected chi connectivity index (χ3v) is 7.42. The fraction of sp³-hybridized carbons (Fsp3) is 0.538. The Labute approximate surface area is 97.8 Å². The fourth-order valence-corrected chi connectivity index (χ4v) is 4.88. The van der Waals surface area contributed by atoms with Crippen molar-refractivity contribution >= 4 is 10.3 Å². The van der Waals surface area contributed by atoms with Crippen LogP contribution in [0.25, 0.3) is 0 Å². The molecule has 0 saturated heterocycles. The number of thiol groups is 1. The fourth-order valence-electron chi connectivity index (χ4n) is 2.29. The molecule has 1 aromatic carbocycles. The Hall–Kier alpha value is -0.700. The summed E-state index contributed by atoms with van der Waals surface area (Å²) in [5.41, 5.74) is 1.89. The van der Waals surface area contributed by atoms with Crippen molar-refractivity contribution < 1.29 is 8.09 Å². The maximum Gasteiger partial charge on any atom is 0.0889 e. The van der Waals surface area contributed by atoms with E-state index in [0.29, 0.717) is 12.8 Å². The number of hydrogen-bond donors (Lipinski definition) is 1. The number of fused-ring (bicyclic) bond motifs is 1. The first-order valence-electron chi connectivity index (χ1n) is 5.86. The molecular weight excluding hydrogens is 223 g/mol. The smallest absolute Gasteiger partial charge is 0.0889 e. The van der Waals surface area contributed by atoms with E-state index in [0.717, 1.165) is 11.1 Å². The summed E-state index contributed by atoms with van der Waals surface area (Å²) in [5.74, 6) is 0. The number of benzene rings is 1. The van der Waals surface area contributed by atoms with E-state index < -0.39 is 20.3 Å². The zero-order valence-electron chi connectivity index (χ0n) is 10.0. The topological polar surface area (TPSA) is 17.1 Å². The molecule has 1 aliphatic rings. The van der Waals surface area contributed by atoms with Crippen LogP contribution in [0, 0.1) is 0 Å². The van der Waals surface area contributed by atoms with E-state index in [9.17, 15) is 8.09 Å². The summed E-state index contributed by atoms with van der Waals surface area (Å²) in [6.07, 6.45) is 1.25. The standard InChI is InChI=1S/C13H19FOS/c1-4-13(3,5-2)16(14,15)12-10-8-6-7-9-11(10)12/h6-9,12,16H,4-5H2,1-3H3. The lowest BCUT2D eigenvalue weighted by Gasteiger charge is -2.35. The first-order chi connectivity index (χ1) is 7.48. The molecule has 0 heterocycles. The summed E-state index contributed by atoms with van der Waals surface area (Å²) < 4.78 is 26.5. The molecule has 1 aliphatic carbocycles. The lowest BCUT2D eigenvalue weighted by Crippen LogP contribution is -2.37. The number of hydrogen-bond acceptors (Lipinski definition) is 1. The van der Waals surface area contributed by atoms with Crippen molar-refractivity contribution in [2.24, 2.45) is 0 Å². The first-order valence-corrected chi connectivity index (χ1v) is 7.53. The van der Waals surface area contributed by atoms with Crippen molar-refractivity contribution in [3.63, 3.8) is 0 Å². The minimum atomic E-state index is -3.66. The van der Waals surface area contributed by atoms with Crippen LogP contribution in [0.3, 0.4) is 0 Å². The summed E-state index contributed by atoms with van der Waals surface area (Å²) >= 11 is 0. The molecule has 90 valence electrons. The lowest BCUT2D eigenvalue weighted by atomic mass is 10.1. The van der Waals surface area contributed by atoms with Gasteiger partial charge in [-0.2, -0.15) is 3.89 Å². The van der Waals surface area contributed by atoms with Gasteiger partial charge < -0.3 is 0 Å². The molecule has 0 radical (unpaired) electrons. The van der Waals surface area contributed by atoms with E-state index >= 15 is 0 Å². The SMILES string of the molecule is CCC(C)(CC)[SH](=O)(F)C1c2ccccc21. The summed E-state index contributed by atoms with van der Waals surface area (Å²) in [7, 11) is -3.66. The zero-order chi connectivity index (χ0) is 12.0. The van der Waals surface area contributed by atoms with Crippen LogP contribution in [-0.4, -0.2) is 8.96 Å². The van der Waals surface area contributed by atoms with E-state index in [4.69, 9.17) is 0 Å². The van der Waals surface area contributed by atoms with Crippen LogP contribution < -0.4 is 0 Å². The van der Waals surface area contributed by atoms with Gasteiger partial charge in [0.2, 0.25) is 0 Å². The Balaban J connectivity index is 2.33. The van der Waals surface area contributed by atoms with Crippen LogP contribution >= 0.6 is 0 Å². The van der Waals surface area contributed by atoms with Gasteiger partial charge in [-0.3, -0.25) is 4.21 Å². The molecule has 3 heteroatoms. The predicted molar refractivity (Wildman–Crippen MR) is 67.9 cm³/mol. The van der Waals surface area contributed by atoms with E-state index in [-0.39, 0.29) is 0 Å². The molecule has 0 amide bonds. The van der Waals surface area contributed by atoms with Gasteiger partial charge in [-0.1, -0.05) is 38.1 Å². The Kier molecular flexibility index (Phi) is 2.69. The molecule has 0 aliphatic heterocycles. The van der Waals surface area contributed by atoms with Crippen molar-refractivity contribution in [1.29, 1.82) is 0 Å². The second kappa shape index (κ2) is 3.66. The van der Waals surface area contributed by atoms with Gasteiger partial charge in [0.05, 0.1) is 5.25 Å². The summed E-state index contributed by atoms with van der Waals surface area (Å²) in [4.78, 5) is 0. The third-order valence-electron chi connectivity index (χ3n) is 4.09. The number of rotatable bonds is 4. The van der Waals surface area contributed by atoms with Gasteiger partial charge in [-0.25, -0.2) is 0 Å². The Morgan fingerprint density at radius 3 is 2.06 bits per heavy atom. The van der Waals surface area contributed by atoms with Crippen molar-refractivity contribution in [2.45, 2.75) is 43.6 Å². The molecule has 0 unspecified atom stereocenters.